The van der Waals surface area contributed by atoms with Crippen LogP contribution >= 0.6 is 0 Å². The van der Waals surface area contributed by atoms with Gasteiger partial charge in [0.25, 0.3) is 0 Å². The average molecular weight is 174 g/mol. The normalized spacial score (nSPS) is 23.6. The number of carbonyl (C=O) groups is 1. The van der Waals surface area contributed by atoms with Crippen LogP contribution in [0.2, 0.25) is 0 Å². The van der Waals surface area contributed by atoms with E-state index in [1.165, 1.54) is 0 Å². The fourth-order valence-electron chi connectivity index (χ4n) is 1.14. The van der Waals surface area contributed by atoms with Crippen LogP contribution in [-0.2, 0) is 9.47 Å². The van der Waals surface area contributed by atoms with E-state index in [1.807, 2.05) is 0 Å². The monoisotopic (exact) mass is 174 g/mol. The topological polar surface area (TPSA) is 35.5 Å². The molecule has 0 N–H and O–H groups in total. The molecule has 0 aromatic heterocycles. The highest BCUT2D eigenvalue weighted by molar-refractivity contribution is 5.61. The Morgan fingerprint density at radius 3 is 2.67 bits per heavy atom. The molecule has 1 rings (SSSR count). The zero-order valence-corrected chi connectivity index (χ0v) is 7.87. The number of hydrogen-bond donors (Lipinski definition) is 0. The molecule has 1 heterocycles. The van der Waals surface area contributed by atoms with E-state index in [9.17, 15) is 4.79 Å². The first kappa shape index (κ1) is 9.32. The van der Waals surface area contributed by atoms with Gasteiger partial charge in [0.2, 0.25) is 0 Å². The molecule has 1 fully saturated rings. The summed E-state index contributed by atoms with van der Waals surface area (Å²) in [4.78, 5) is 10.6. The number of quaternary nitrogens is 1. The molecule has 70 valence electrons. The van der Waals surface area contributed by atoms with Crippen LogP contribution in [0.1, 0.15) is 6.92 Å². The van der Waals surface area contributed by atoms with Gasteiger partial charge in [0.15, 0.2) is 6.10 Å². The minimum atomic E-state index is -0.531. The van der Waals surface area contributed by atoms with Gasteiger partial charge in [0, 0.05) is 0 Å². The first-order valence-corrected chi connectivity index (χ1v) is 4.19. The summed E-state index contributed by atoms with van der Waals surface area (Å²) in [5.41, 5.74) is 0. The molecule has 4 heteroatoms. The number of carbonyl (C=O) groups excluding carboxylic acids is 1. The van der Waals surface area contributed by atoms with Crippen molar-refractivity contribution < 1.29 is 18.8 Å². The lowest BCUT2D eigenvalue weighted by Crippen LogP contribution is -2.45. The summed E-state index contributed by atoms with van der Waals surface area (Å²) < 4.78 is 10.5. The number of cyclic esters (lactones) is 2. The van der Waals surface area contributed by atoms with E-state index in [0.717, 1.165) is 17.6 Å². The summed E-state index contributed by atoms with van der Waals surface area (Å²) in [5, 5.41) is 0. The smallest absolute Gasteiger partial charge is 0.430 e. The van der Waals surface area contributed by atoms with E-state index in [1.54, 1.807) is 0 Å². The Labute approximate surface area is 72.6 Å². The number of rotatable bonds is 3. The summed E-state index contributed by atoms with van der Waals surface area (Å²) in [5.74, 6) is 0. The summed E-state index contributed by atoms with van der Waals surface area (Å²) in [7, 11) is 4.21. The molecule has 1 aliphatic heterocycles. The molecule has 4 nitrogen and oxygen atoms in total. The van der Waals surface area contributed by atoms with E-state index >= 15 is 0 Å². The molecule has 0 radical (unpaired) electrons. The quantitative estimate of drug-likeness (QED) is 0.464. The maximum atomic E-state index is 10.6. The van der Waals surface area contributed by atoms with Gasteiger partial charge >= 0.3 is 6.16 Å². The molecule has 1 atom stereocenters. The predicted octanol–water partition coefficient (Wildman–Crippen LogP) is 0.618. The van der Waals surface area contributed by atoms with Crippen molar-refractivity contribution in [2.75, 3.05) is 33.8 Å². The molecule has 12 heavy (non-hydrogen) atoms. The molecule has 0 aromatic rings. The Kier molecular flexibility index (Phi) is 2.57. The highest BCUT2D eigenvalue weighted by Gasteiger charge is 2.30. The SMILES string of the molecule is CC[N+](C)(C)CC1COC(=O)O1. The van der Waals surface area contributed by atoms with Gasteiger partial charge in [-0.15, -0.1) is 0 Å². The van der Waals surface area contributed by atoms with Crippen LogP contribution in [0.5, 0.6) is 0 Å². The fourth-order valence-corrected chi connectivity index (χ4v) is 1.14. The highest BCUT2D eigenvalue weighted by Crippen LogP contribution is 2.10. The number of nitrogens with zero attached hydrogens (tertiary/aromatic N) is 1. The van der Waals surface area contributed by atoms with E-state index in [-0.39, 0.29) is 6.10 Å². The maximum Gasteiger partial charge on any atom is 0.509 e. The third-order valence-electron chi connectivity index (χ3n) is 2.20. The molecule has 0 spiro atoms. The second-order valence-electron chi connectivity index (χ2n) is 3.74. The van der Waals surface area contributed by atoms with Crippen LogP contribution in [0.15, 0.2) is 0 Å². The fraction of sp³-hybridized carbons (Fsp3) is 0.875. The van der Waals surface area contributed by atoms with Crippen molar-refractivity contribution in [2.24, 2.45) is 0 Å². The summed E-state index contributed by atoms with van der Waals surface area (Å²) in [6, 6.07) is 0. The second-order valence-corrected chi connectivity index (χ2v) is 3.74. The highest BCUT2D eigenvalue weighted by atomic mass is 16.8. The molecule has 1 saturated heterocycles. The van der Waals surface area contributed by atoms with Gasteiger partial charge in [-0.3, -0.25) is 0 Å². The first-order valence-electron chi connectivity index (χ1n) is 4.19. The molecule has 1 unspecified atom stereocenters. The Balaban J connectivity index is 2.36. The van der Waals surface area contributed by atoms with Crippen LogP contribution in [0.3, 0.4) is 0 Å². The number of hydrogen-bond acceptors (Lipinski definition) is 3. The molecule has 0 saturated carbocycles. The van der Waals surface area contributed by atoms with Gasteiger partial charge in [-0.05, 0) is 6.92 Å². The second kappa shape index (κ2) is 3.31. The Bertz CT molecular complexity index is 179. The molecule has 0 bridgehead atoms. The Morgan fingerprint density at radius 2 is 2.25 bits per heavy atom. The zero-order valence-electron chi connectivity index (χ0n) is 7.87. The van der Waals surface area contributed by atoms with Crippen LogP contribution < -0.4 is 0 Å². The minimum Gasteiger partial charge on any atom is -0.430 e. The standard InChI is InChI=1S/C8H16NO3/c1-4-9(2,3)5-7-6-11-8(10)12-7/h7H,4-6H2,1-3H3/q+1. The Hall–Kier alpha value is -0.770. The molecule has 0 amide bonds. The summed E-state index contributed by atoms with van der Waals surface area (Å²) in [6.45, 7) is 4.36. The van der Waals surface area contributed by atoms with Crippen molar-refractivity contribution >= 4 is 6.16 Å². The van der Waals surface area contributed by atoms with Gasteiger partial charge < -0.3 is 14.0 Å². The van der Waals surface area contributed by atoms with Gasteiger partial charge in [-0.25, -0.2) is 4.79 Å². The lowest BCUT2D eigenvalue weighted by Gasteiger charge is -2.29. The van der Waals surface area contributed by atoms with Crippen molar-refractivity contribution in [3.05, 3.63) is 0 Å². The first-order chi connectivity index (χ1) is 5.53. The summed E-state index contributed by atoms with van der Waals surface area (Å²) >= 11 is 0. The molecule has 1 aliphatic rings. The van der Waals surface area contributed by atoms with Crippen molar-refractivity contribution in [2.45, 2.75) is 13.0 Å². The molecular formula is C8H16NO3+. The summed E-state index contributed by atoms with van der Waals surface area (Å²) in [6.07, 6.45) is -0.594. The molecule has 0 aromatic carbocycles. The average Bonchev–Trinajstić information content (AvgIpc) is 2.35. The predicted molar refractivity (Wildman–Crippen MR) is 43.7 cm³/mol. The van der Waals surface area contributed by atoms with Crippen LogP contribution in [0, 0.1) is 0 Å². The number of ether oxygens (including phenoxy) is 2. The molecular weight excluding hydrogens is 158 g/mol. The van der Waals surface area contributed by atoms with Gasteiger partial charge in [-0.1, -0.05) is 0 Å². The van der Waals surface area contributed by atoms with E-state index in [2.05, 4.69) is 25.8 Å². The van der Waals surface area contributed by atoms with Crippen LogP contribution in [-0.4, -0.2) is 50.5 Å². The largest absolute Gasteiger partial charge is 0.509 e. The van der Waals surface area contributed by atoms with Crippen molar-refractivity contribution in [3.8, 4) is 0 Å². The van der Waals surface area contributed by atoms with Crippen LogP contribution in [0.25, 0.3) is 0 Å². The lowest BCUT2D eigenvalue weighted by atomic mass is 10.3. The number of likely N-dealkylation sites (N-methyl/N-ethyl adjacent to an activating group) is 1. The van der Waals surface area contributed by atoms with Gasteiger partial charge in [-0.2, -0.15) is 0 Å². The lowest BCUT2D eigenvalue weighted by molar-refractivity contribution is -0.891. The maximum absolute atomic E-state index is 10.6. The van der Waals surface area contributed by atoms with Crippen molar-refractivity contribution in [1.82, 2.24) is 0 Å². The third kappa shape index (κ3) is 2.37. The zero-order chi connectivity index (χ0) is 9.19. The van der Waals surface area contributed by atoms with Gasteiger partial charge in [0.05, 0.1) is 20.6 Å². The molecule has 0 aliphatic carbocycles. The van der Waals surface area contributed by atoms with Gasteiger partial charge in [0.1, 0.15) is 13.2 Å². The minimum absolute atomic E-state index is 0.0625. The van der Waals surface area contributed by atoms with Crippen LogP contribution in [0.4, 0.5) is 4.79 Å². The van der Waals surface area contributed by atoms with E-state index < -0.39 is 6.16 Å². The van der Waals surface area contributed by atoms with E-state index in [0.29, 0.717) is 6.61 Å². The van der Waals surface area contributed by atoms with Crippen molar-refractivity contribution in [1.29, 1.82) is 0 Å². The van der Waals surface area contributed by atoms with E-state index in [4.69, 9.17) is 4.74 Å². The van der Waals surface area contributed by atoms with Crippen molar-refractivity contribution in [3.63, 3.8) is 0 Å². The third-order valence-corrected chi connectivity index (χ3v) is 2.20. The Morgan fingerprint density at radius 1 is 1.58 bits per heavy atom.